The maximum Gasteiger partial charge on any atom is 0.298 e. The lowest BCUT2D eigenvalue weighted by Gasteiger charge is -2.11. The summed E-state index contributed by atoms with van der Waals surface area (Å²) in [5.74, 6) is -0.264. The van der Waals surface area contributed by atoms with E-state index in [2.05, 4.69) is 10.2 Å². The number of fused-ring (bicyclic) bond motifs is 1. The first-order valence-electron chi connectivity index (χ1n) is 4.90. The minimum atomic E-state index is -0.264. The number of benzene rings is 1. The van der Waals surface area contributed by atoms with E-state index >= 15 is 0 Å². The number of aryl methyl sites for hydroxylation is 1. The Morgan fingerprint density at radius 3 is 2.94 bits per heavy atom. The van der Waals surface area contributed by atoms with Crippen molar-refractivity contribution in [2.24, 2.45) is 0 Å². The Balaban J connectivity index is 2.53. The molecule has 0 atom stereocenters. The van der Waals surface area contributed by atoms with Crippen LogP contribution in [0.2, 0.25) is 0 Å². The van der Waals surface area contributed by atoms with Gasteiger partial charge in [0.25, 0.3) is 5.91 Å². The van der Waals surface area contributed by atoms with Gasteiger partial charge in [-0.2, -0.15) is 5.10 Å². The van der Waals surface area contributed by atoms with Crippen molar-refractivity contribution in [3.05, 3.63) is 29.5 Å². The van der Waals surface area contributed by atoms with Gasteiger partial charge in [-0.3, -0.25) is 14.7 Å². The summed E-state index contributed by atoms with van der Waals surface area (Å²) in [4.78, 5) is 16.7. The highest BCUT2D eigenvalue weighted by atomic mass is 16.7. The van der Waals surface area contributed by atoms with Crippen LogP contribution in [-0.2, 0) is 4.84 Å². The summed E-state index contributed by atoms with van der Waals surface area (Å²) in [6, 6.07) is 5.80. The fourth-order valence-electron chi connectivity index (χ4n) is 1.52. The number of carbonyl (C=O) groups excluding carboxylic acids is 1. The molecule has 84 valence electrons. The first-order valence-corrected chi connectivity index (χ1v) is 4.90. The molecule has 0 aliphatic heterocycles. The molecule has 2 aromatic rings. The van der Waals surface area contributed by atoms with Crippen LogP contribution in [0, 0.1) is 6.92 Å². The van der Waals surface area contributed by atoms with Crippen LogP contribution >= 0.6 is 0 Å². The lowest BCUT2D eigenvalue weighted by Crippen LogP contribution is -2.25. The number of hydrogen-bond acceptors (Lipinski definition) is 3. The highest BCUT2D eigenvalue weighted by molar-refractivity contribution is 6.04. The van der Waals surface area contributed by atoms with Gasteiger partial charge < -0.3 is 0 Å². The van der Waals surface area contributed by atoms with Crippen molar-refractivity contribution in [2.75, 3.05) is 14.2 Å². The Kier molecular flexibility index (Phi) is 2.62. The molecule has 0 bridgehead atoms. The summed E-state index contributed by atoms with van der Waals surface area (Å²) in [5.41, 5.74) is 2.31. The van der Waals surface area contributed by atoms with Gasteiger partial charge in [-0.15, -0.1) is 0 Å². The molecule has 0 spiro atoms. The van der Waals surface area contributed by atoms with Crippen LogP contribution in [0.25, 0.3) is 10.9 Å². The summed E-state index contributed by atoms with van der Waals surface area (Å²) < 4.78 is 0. The third-order valence-corrected chi connectivity index (χ3v) is 2.48. The van der Waals surface area contributed by atoms with Gasteiger partial charge in [-0.25, -0.2) is 5.06 Å². The second-order valence-electron chi connectivity index (χ2n) is 3.61. The number of hydroxylamine groups is 2. The predicted octanol–water partition coefficient (Wildman–Crippen LogP) is 1.50. The number of hydrogen-bond donors (Lipinski definition) is 1. The highest BCUT2D eigenvalue weighted by Crippen LogP contribution is 2.18. The predicted molar refractivity (Wildman–Crippen MR) is 59.9 cm³/mol. The topological polar surface area (TPSA) is 58.2 Å². The van der Waals surface area contributed by atoms with Gasteiger partial charge in [-0.05, 0) is 19.1 Å². The molecule has 0 unspecified atom stereocenters. The van der Waals surface area contributed by atoms with Gasteiger partial charge in [0, 0.05) is 12.4 Å². The summed E-state index contributed by atoms with van der Waals surface area (Å²) in [6.45, 7) is 1.97. The van der Waals surface area contributed by atoms with E-state index in [-0.39, 0.29) is 5.91 Å². The smallest absolute Gasteiger partial charge is 0.277 e. The molecule has 0 saturated heterocycles. The van der Waals surface area contributed by atoms with Crippen molar-refractivity contribution in [1.29, 1.82) is 0 Å². The second kappa shape index (κ2) is 3.94. The van der Waals surface area contributed by atoms with Crippen molar-refractivity contribution >= 4 is 16.8 Å². The Hall–Kier alpha value is -1.88. The number of aromatic amines is 1. The number of amides is 1. The van der Waals surface area contributed by atoms with Crippen LogP contribution in [0.1, 0.15) is 16.1 Å². The lowest BCUT2D eigenvalue weighted by atomic mass is 10.1. The van der Waals surface area contributed by atoms with Gasteiger partial charge >= 0.3 is 0 Å². The highest BCUT2D eigenvalue weighted by Gasteiger charge is 2.17. The zero-order valence-corrected chi connectivity index (χ0v) is 9.44. The number of carbonyl (C=O) groups is 1. The molecule has 0 radical (unpaired) electrons. The SMILES string of the molecule is CON(C)C(=O)c1n[nH]c2ccc(C)cc12. The van der Waals surface area contributed by atoms with Crippen LogP contribution in [-0.4, -0.2) is 35.3 Å². The van der Waals surface area contributed by atoms with E-state index in [1.807, 2.05) is 25.1 Å². The molecule has 2 rings (SSSR count). The molecular weight excluding hydrogens is 206 g/mol. The minimum absolute atomic E-state index is 0.264. The molecule has 1 aromatic carbocycles. The molecule has 1 N–H and O–H groups in total. The first kappa shape index (κ1) is 10.6. The Morgan fingerprint density at radius 2 is 2.25 bits per heavy atom. The molecule has 0 saturated carbocycles. The molecule has 0 aliphatic carbocycles. The van der Waals surface area contributed by atoms with Crippen LogP contribution in [0.4, 0.5) is 0 Å². The van der Waals surface area contributed by atoms with Crippen LogP contribution < -0.4 is 0 Å². The van der Waals surface area contributed by atoms with Gasteiger partial charge in [0.2, 0.25) is 0 Å². The largest absolute Gasteiger partial charge is 0.298 e. The molecule has 5 heteroatoms. The zero-order chi connectivity index (χ0) is 11.7. The van der Waals surface area contributed by atoms with Crippen molar-refractivity contribution in [3.8, 4) is 0 Å². The monoisotopic (exact) mass is 219 g/mol. The maximum atomic E-state index is 11.9. The molecular formula is C11H13N3O2. The van der Waals surface area contributed by atoms with Crippen LogP contribution in [0.15, 0.2) is 18.2 Å². The Bertz CT molecular complexity index is 533. The third-order valence-electron chi connectivity index (χ3n) is 2.48. The Morgan fingerprint density at radius 1 is 1.50 bits per heavy atom. The van der Waals surface area contributed by atoms with E-state index in [0.29, 0.717) is 5.69 Å². The van der Waals surface area contributed by atoms with Gasteiger partial charge in [0.05, 0.1) is 12.6 Å². The fourth-order valence-corrected chi connectivity index (χ4v) is 1.52. The number of H-pyrrole nitrogens is 1. The van der Waals surface area contributed by atoms with E-state index < -0.39 is 0 Å². The summed E-state index contributed by atoms with van der Waals surface area (Å²) >= 11 is 0. The molecule has 16 heavy (non-hydrogen) atoms. The normalized spacial score (nSPS) is 10.7. The zero-order valence-electron chi connectivity index (χ0n) is 9.44. The summed E-state index contributed by atoms with van der Waals surface area (Å²) in [5, 5.41) is 8.80. The quantitative estimate of drug-likeness (QED) is 0.779. The van der Waals surface area contributed by atoms with E-state index in [9.17, 15) is 4.79 Å². The van der Waals surface area contributed by atoms with Crippen LogP contribution in [0.5, 0.6) is 0 Å². The minimum Gasteiger partial charge on any atom is -0.277 e. The molecule has 1 aromatic heterocycles. The second-order valence-corrected chi connectivity index (χ2v) is 3.61. The molecule has 1 amide bonds. The van der Waals surface area contributed by atoms with Crippen molar-refractivity contribution in [1.82, 2.24) is 15.3 Å². The number of rotatable bonds is 2. The third kappa shape index (κ3) is 1.65. The lowest BCUT2D eigenvalue weighted by molar-refractivity contribution is -0.0759. The average Bonchev–Trinajstić information content (AvgIpc) is 2.69. The summed E-state index contributed by atoms with van der Waals surface area (Å²) in [7, 11) is 3.00. The number of aromatic nitrogens is 2. The van der Waals surface area contributed by atoms with Crippen LogP contribution in [0.3, 0.4) is 0 Å². The summed E-state index contributed by atoms with van der Waals surface area (Å²) in [6.07, 6.45) is 0. The Labute approximate surface area is 93.0 Å². The average molecular weight is 219 g/mol. The van der Waals surface area contributed by atoms with E-state index in [4.69, 9.17) is 4.84 Å². The number of nitrogens with zero attached hydrogens (tertiary/aromatic N) is 2. The van der Waals surface area contributed by atoms with Gasteiger partial charge in [0.15, 0.2) is 5.69 Å². The van der Waals surface area contributed by atoms with E-state index in [1.165, 1.54) is 7.11 Å². The van der Waals surface area contributed by atoms with Gasteiger partial charge in [0.1, 0.15) is 0 Å². The molecule has 0 fully saturated rings. The van der Waals surface area contributed by atoms with Crippen molar-refractivity contribution in [2.45, 2.75) is 6.92 Å². The molecule has 1 heterocycles. The maximum absolute atomic E-state index is 11.9. The van der Waals surface area contributed by atoms with Crippen molar-refractivity contribution < 1.29 is 9.63 Å². The number of nitrogens with one attached hydrogen (secondary N) is 1. The molecule has 0 aliphatic rings. The van der Waals surface area contributed by atoms with E-state index in [1.54, 1.807) is 7.05 Å². The first-order chi connectivity index (χ1) is 7.63. The standard InChI is InChI=1S/C11H13N3O2/c1-7-4-5-9-8(6-7)10(13-12-9)11(15)14(2)16-3/h4-6H,1-3H3,(H,12,13). The molecule has 5 nitrogen and oxygen atoms in total. The van der Waals surface area contributed by atoms with Gasteiger partial charge in [-0.1, -0.05) is 11.6 Å². The van der Waals surface area contributed by atoms with Crippen molar-refractivity contribution in [3.63, 3.8) is 0 Å². The fraction of sp³-hybridized carbons (Fsp3) is 0.273. The van der Waals surface area contributed by atoms with E-state index in [0.717, 1.165) is 21.5 Å².